The van der Waals surface area contributed by atoms with Gasteiger partial charge < -0.3 is 14.7 Å². The lowest BCUT2D eigenvalue weighted by Gasteiger charge is -2.15. The van der Waals surface area contributed by atoms with Gasteiger partial charge in [0, 0.05) is 24.0 Å². The summed E-state index contributed by atoms with van der Waals surface area (Å²) in [5.74, 6) is -0.945. The average molecular weight is 330 g/mol. The highest BCUT2D eigenvalue weighted by molar-refractivity contribution is 7.12. The highest BCUT2D eigenvalue weighted by Crippen LogP contribution is 2.34. The molecule has 120 valence electrons. The Balaban J connectivity index is 2.28. The third-order valence-corrected chi connectivity index (χ3v) is 5.13. The molecule has 2 N–H and O–H groups in total. The monoisotopic (exact) mass is 330 g/mol. The summed E-state index contributed by atoms with van der Waals surface area (Å²) >= 11 is 1.18. The second-order valence-electron chi connectivity index (χ2n) is 5.49. The number of nitrogens with zero attached hydrogens (tertiary/aromatic N) is 1. The van der Waals surface area contributed by atoms with Gasteiger partial charge in [0.05, 0.1) is 10.9 Å². The van der Waals surface area contributed by atoms with Gasteiger partial charge in [0.25, 0.3) is 5.56 Å². The van der Waals surface area contributed by atoms with E-state index in [4.69, 9.17) is 5.11 Å². The van der Waals surface area contributed by atoms with Gasteiger partial charge in [0.2, 0.25) is 0 Å². The van der Waals surface area contributed by atoms with E-state index in [1.54, 1.807) is 17.6 Å². The average Bonchev–Trinajstić information content (AvgIpc) is 3.14. The van der Waals surface area contributed by atoms with Crippen LogP contribution in [0.4, 0.5) is 0 Å². The minimum Gasteiger partial charge on any atom is -0.477 e. The van der Waals surface area contributed by atoms with Crippen molar-refractivity contribution in [2.75, 3.05) is 0 Å². The minimum atomic E-state index is -0.945. The molecule has 0 atom stereocenters. The van der Waals surface area contributed by atoms with Crippen LogP contribution in [0.1, 0.15) is 42.4 Å². The fourth-order valence-corrected chi connectivity index (χ4v) is 3.75. The molecule has 0 radical (unpaired) electrons. The summed E-state index contributed by atoms with van der Waals surface area (Å²) < 4.78 is 2.14. The molecule has 3 rings (SSSR count). The number of aromatic carboxylic acids is 1. The number of pyridine rings is 1. The number of H-pyrrole nitrogens is 1. The van der Waals surface area contributed by atoms with Crippen molar-refractivity contribution < 1.29 is 9.90 Å². The van der Waals surface area contributed by atoms with Crippen molar-refractivity contribution in [1.82, 2.24) is 9.55 Å². The highest BCUT2D eigenvalue weighted by Gasteiger charge is 2.19. The summed E-state index contributed by atoms with van der Waals surface area (Å²) in [6, 6.07) is 3.85. The van der Waals surface area contributed by atoms with Crippen LogP contribution in [-0.4, -0.2) is 20.6 Å². The smallest absolute Gasteiger partial charge is 0.345 e. The first-order chi connectivity index (χ1) is 11.1. The number of rotatable bonds is 5. The molecule has 3 aromatic rings. The maximum Gasteiger partial charge on any atom is 0.345 e. The van der Waals surface area contributed by atoms with Crippen LogP contribution in [0.25, 0.3) is 22.0 Å². The lowest BCUT2D eigenvalue weighted by atomic mass is 10.1. The second kappa shape index (κ2) is 6.04. The molecule has 0 amide bonds. The number of carbonyl (C=O) groups is 1. The number of hydrogen-bond donors (Lipinski definition) is 2. The summed E-state index contributed by atoms with van der Waals surface area (Å²) in [6.45, 7) is 4.25. The first-order valence-corrected chi connectivity index (χ1v) is 8.49. The lowest BCUT2D eigenvalue weighted by molar-refractivity contribution is 0.0702. The van der Waals surface area contributed by atoms with E-state index in [0.717, 1.165) is 29.5 Å². The molecule has 0 aliphatic carbocycles. The van der Waals surface area contributed by atoms with Crippen LogP contribution in [0.15, 0.2) is 34.7 Å². The predicted octanol–water partition coefficient (Wildman–Crippen LogP) is 4.12. The Bertz CT molecular complexity index is 915. The summed E-state index contributed by atoms with van der Waals surface area (Å²) in [5, 5.41) is 11.5. The first kappa shape index (κ1) is 15.6. The van der Waals surface area contributed by atoms with Crippen LogP contribution >= 0.6 is 11.3 Å². The number of aromatic nitrogens is 2. The van der Waals surface area contributed by atoms with Crippen LogP contribution < -0.4 is 5.56 Å². The first-order valence-electron chi connectivity index (χ1n) is 7.61. The molecule has 0 bridgehead atoms. The third kappa shape index (κ3) is 2.59. The van der Waals surface area contributed by atoms with Gasteiger partial charge in [-0.3, -0.25) is 4.79 Å². The molecular weight excluding hydrogens is 312 g/mol. The van der Waals surface area contributed by atoms with Crippen molar-refractivity contribution in [3.8, 4) is 11.1 Å². The van der Waals surface area contributed by atoms with Gasteiger partial charge >= 0.3 is 5.97 Å². The molecule has 3 aromatic heterocycles. The van der Waals surface area contributed by atoms with E-state index in [2.05, 4.69) is 23.4 Å². The Morgan fingerprint density at radius 1 is 1.39 bits per heavy atom. The van der Waals surface area contributed by atoms with E-state index in [0.29, 0.717) is 11.4 Å². The summed E-state index contributed by atoms with van der Waals surface area (Å²) in [4.78, 5) is 26.5. The third-order valence-electron chi connectivity index (χ3n) is 4.21. The number of nitrogens with one attached hydrogen (secondary N) is 1. The molecule has 0 saturated carbocycles. The lowest BCUT2D eigenvalue weighted by Crippen LogP contribution is -2.08. The van der Waals surface area contributed by atoms with Crippen LogP contribution in [0.2, 0.25) is 0 Å². The number of fused-ring (bicyclic) bond motifs is 1. The number of carboxylic acids is 1. The SMILES string of the molecule is CCC(CC)n1cc(-c2csc(C(=O)O)c2)c2c(=O)[nH]ccc21. The molecular formula is C17H18N2O3S. The van der Waals surface area contributed by atoms with E-state index < -0.39 is 5.97 Å². The Labute approximate surface area is 137 Å². The molecule has 5 nitrogen and oxygen atoms in total. The molecule has 0 aliphatic rings. The van der Waals surface area contributed by atoms with Crippen LogP contribution in [0, 0.1) is 0 Å². The molecule has 6 heteroatoms. The molecule has 0 spiro atoms. The normalized spacial score (nSPS) is 11.4. The Hall–Kier alpha value is -2.34. The van der Waals surface area contributed by atoms with E-state index in [9.17, 15) is 9.59 Å². The van der Waals surface area contributed by atoms with Gasteiger partial charge in [0.15, 0.2) is 0 Å². The topological polar surface area (TPSA) is 75.1 Å². The maximum atomic E-state index is 12.3. The summed E-state index contributed by atoms with van der Waals surface area (Å²) in [6.07, 6.45) is 5.57. The molecule has 23 heavy (non-hydrogen) atoms. The van der Waals surface area contributed by atoms with Crippen LogP contribution in [-0.2, 0) is 0 Å². The van der Waals surface area contributed by atoms with E-state index in [1.807, 2.05) is 12.3 Å². The predicted molar refractivity (Wildman–Crippen MR) is 92.5 cm³/mol. The van der Waals surface area contributed by atoms with Crippen LogP contribution in [0.3, 0.4) is 0 Å². The van der Waals surface area contributed by atoms with Gasteiger partial charge in [-0.05, 0) is 35.9 Å². The Morgan fingerprint density at radius 3 is 2.74 bits per heavy atom. The van der Waals surface area contributed by atoms with Gasteiger partial charge in [-0.1, -0.05) is 13.8 Å². The molecule has 0 aromatic carbocycles. The fourth-order valence-electron chi connectivity index (χ4n) is 3.01. The summed E-state index contributed by atoms with van der Waals surface area (Å²) in [5.41, 5.74) is 2.31. The number of thiophene rings is 1. The van der Waals surface area contributed by atoms with Crippen molar-refractivity contribution in [3.63, 3.8) is 0 Å². The molecule has 0 unspecified atom stereocenters. The van der Waals surface area contributed by atoms with E-state index >= 15 is 0 Å². The number of hydrogen-bond acceptors (Lipinski definition) is 3. The molecule has 0 saturated heterocycles. The number of aromatic amines is 1. The standard InChI is InChI=1S/C17H18N2O3S/c1-3-11(4-2)19-8-12(10-7-14(17(21)22)23-9-10)15-13(19)5-6-18-16(15)20/h5-9,11H,3-4H2,1-2H3,(H,18,20)(H,21,22). The van der Waals surface area contributed by atoms with Gasteiger partial charge in [-0.15, -0.1) is 11.3 Å². The highest BCUT2D eigenvalue weighted by atomic mass is 32.1. The fraction of sp³-hybridized carbons (Fsp3) is 0.294. The van der Waals surface area contributed by atoms with Crippen LogP contribution in [0.5, 0.6) is 0 Å². The van der Waals surface area contributed by atoms with Crippen molar-refractivity contribution in [1.29, 1.82) is 0 Å². The van der Waals surface area contributed by atoms with Gasteiger partial charge in [-0.2, -0.15) is 0 Å². The quantitative estimate of drug-likeness (QED) is 0.739. The van der Waals surface area contributed by atoms with Crippen molar-refractivity contribution in [3.05, 3.63) is 45.1 Å². The molecule has 3 heterocycles. The zero-order chi connectivity index (χ0) is 16.6. The minimum absolute atomic E-state index is 0.148. The molecule has 0 aliphatic heterocycles. The van der Waals surface area contributed by atoms with Gasteiger partial charge in [0.1, 0.15) is 4.88 Å². The largest absolute Gasteiger partial charge is 0.477 e. The van der Waals surface area contributed by atoms with Gasteiger partial charge in [-0.25, -0.2) is 4.79 Å². The maximum absolute atomic E-state index is 12.3. The molecule has 0 fully saturated rings. The van der Waals surface area contributed by atoms with E-state index in [1.165, 1.54) is 11.3 Å². The number of carboxylic acid groups (broad SMARTS) is 1. The van der Waals surface area contributed by atoms with Crippen molar-refractivity contribution >= 4 is 28.2 Å². The summed E-state index contributed by atoms with van der Waals surface area (Å²) in [7, 11) is 0. The zero-order valence-electron chi connectivity index (χ0n) is 13.0. The second-order valence-corrected chi connectivity index (χ2v) is 6.40. The van der Waals surface area contributed by atoms with Crippen molar-refractivity contribution in [2.45, 2.75) is 32.7 Å². The van der Waals surface area contributed by atoms with Crippen molar-refractivity contribution in [2.24, 2.45) is 0 Å². The Morgan fingerprint density at radius 2 is 2.13 bits per heavy atom. The Kier molecular flexibility index (Phi) is 4.09. The zero-order valence-corrected chi connectivity index (χ0v) is 13.8. The van der Waals surface area contributed by atoms with E-state index in [-0.39, 0.29) is 10.4 Å².